The third-order valence-electron chi connectivity index (χ3n) is 5.15. The summed E-state index contributed by atoms with van der Waals surface area (Å²) in [5.41, 5.74) is 2.71. The summed E-state index contributed by atoms with van der Waals surface area (Å²) in [7, 11) is 0. The molecule has 6 heteroatoms. The quantitative estimate of drug-likeness (QED) is 0.176. The Balaban J connectivity index is 0. The van der Waals surface area contributed by atoms with Crippen LogP contribution in [0.25, 0.3) is 0 Å². The molecule has 0 spiro atoms. The van der Waals surface area contributed by atoms with Crippen molar-refractivity contribution in [2.75, 3.05) is 13.1 Å². The van der Waals surface area contributed by atoms with Gasteiger partial charge in [-0.1, -0.05) is 65.7 Å². The van der Waals surface area contributed by atoms with Gasteiger partial charge in [-0.25, -0.2) is 4.39 Å². The highest BCUT2D eigenvalue weighted by atomic mass is 19.1. The van der Waals surface area contributed by atoms with Gasteiger partial charge in [0.15, 0.2) is 0 Å². The molecule has 1 fully saturated rings. The standard InChI is InChI=1S/C20H27N3O.C6H12FN.2C2H6/c1-7-15(4)21-12-8-10-18(14(2)3)16(5)23-19-11-9-13-22-20(19)17(6)24;1-6(7)2-4-8-5-3-6;2*1-2/h7-13,16,20-24H,1-2,4,6H2,3,5H3;8H,2-5H2,1H3;2*1-2H3/b12-8-,18-10+;;;. The Morgan fingerprint density at radius 2 is 1.78 bits per heavy atom. The highest BCUT2D eigenvalue weighted by Gasteiger charge is 2.24. The minimum absolute atomic E-state index is 0.0103. The number of halogens is 1. The summed E-state index contributed by atoms with van der Waals surface area (Å²) in [6.07, 6.45) is 14.2. The summed E-state index contributed by atoms with van der Waals surface area (Å²) in [4.78, 5) is 0. The summed E-state index contributed by atoms with van der Waals surface area (Å²) >= 11 is 0. The first kappa shape index (κ1) is 35.2. The minimum Gasteiger partial charge on any atom is -0.510 e. The number of allylic oxidation sites excluding steroid dienone is 5. The number of alkyl halides is 1. The summed E-state index contributed by atoms with van der Waals surface area (Å²) in [6.45, 7) is 30.4. The fourth-order valence-corrected chi connectivity index (χ4v) is 3.19. The number of hydrogen-bond donors (Lipinski definition) is 5. The summed E-state index contributed by atoms with van der Waals surface area (Å²) in [6, 6.07) is -0.326. The first-order valence-electron chi connectivity index (χ1n) is 12.8. The van der Waals surface area contributed by atoms with E-state index in [2.05, 4.69) is 47.6 Å². The van der Waals surface area contributed by atoms with E-state index in [-0.39, 0.29) is 17.8 Å². The summed E-state index contributed by atoms with van der Waals surface area (Å²) < 4.78 is 12.8. The van der Waals surface area contributed by atoms with E-state index in [0.717, 1.165) is 35.6 Å². The zero-order valence-electron chi connectivity index (χ0n) is 23.7. The van der Waals surface area contributed by atoms with Crippen molar-refractivity contribution in [3.63, 3.8) is 0 Å². The SMILES string of the molecule is C=CC(=C)N/C=C\C=C(/C(=C)C)C(C)NC1=CC=CNC1C(=C)O.CC.CC.CC1(F)CCNCC1. The van der Waals surface area contributed by atoms with Crippen LogP contribution in [0.15, 0.2) is 97.4 Å². The maximum Gasteiger partial charge on any atom is 0.123 e. The number of hydrogen-bond acceptors (Lipinski definition) is 5. The number of piperidine rings is 1. The Hall–Kier alpha value is -2.99. The number of aliphatic hydroxyl groups is 1. The number of dihydropyridines is 1. The molecule has 36 heavy (non-hydrogen) atoms. The van der Waals surface area contributed by atoms with Gasteiger partial charge in [0.25, 0.3) is 0 Å². The van der Waals surface area contributed by atoms with Gasteiger partial charge < -0.3 is 26.4 Å². The monoisotopic (exact) mass is 502 g/mol. The predicted molar refractivity (Wildman–Crippen MR) is 157 cm³/mol. The topological polar surface area (TPSA) is 68.3 Å². The van der Waals surface area contributed by atoms with Crippen molar-refractivity contribution in [2.24, 2.45) is 0 Å². The highest BCUT2D eigenvalue weighted by Crippen LogP contribution is 2.21. The van der Waals surface area contributed by atoms with Crippen molar-refractivity contribution in [1.82, 2.24) is 21.3 Å². The molecule has 0 saturated carbocycles. The molecule has 0 aromatic heterocycles. The van der Waals surface area contributed by atoms with Crippen LogP contribution in [0.1, 0.15) is 61.3 Å². The van der Waals surface area contributed by atoms with Gasteiger partial charge >= 0.3 is 0 Å². The molecule has 0 bridgehead atoms. The second-order valence-corrected chi connectivity index (χ2v) is 8.24. The van der Waals surface area contributed by atoms with E-state index < -0.39 is 5.67 Å². The van der Waals surface area contributed by atoms with E-state index in [1.54, 1.807) is 25.4 Å². The maximum absolute atomic E-state index is 12.8. The van der Waals surface area contributed by atoms with Crippen molar-refractivity contribution in [3.8, 4) is 0 Å². The lowest BCUT2D eigenvalue weighted by Crippen LogP contribution is -2.40. The van der Waals surface area contributed by atoms with Crippen LogP contribution < -0.4 is 21.3 Å². The second-order valence-electron chi connectivity index (χ2n) is 8.24. The Labute approximate surface area is 220 Å². The maximum atomic E-state index is 12.8. The van der Waals surface area contributed by atoms with Crippen LogP contribution in [0.5, 0.6) is 0 Å². The Kier molecular flexibility index (Phi) is 19.8. The molecule has 5 nitrogen and oxygen atoms in total. The minimum atomic E-state index is -0.884. The van der Waals surface area contributed by atoms with Crippen LogP contribution in [-0.4, -0.2) is 35.9 Å². The largest absolute Gasteiger partial charge is 0.510 e. The molecular weight excluding hydrogens is 451 g/mol. The average Bonchev–Trinajstić information content (AvgIpc) is 2.86. The molecule has 0 radical (unpaired) electrons. The molecule has 2 aliphatic rings. The van der Waals surface area contributed by atoms with Crippen LogP contribution in [0.2, 0.25) is 0 Å². The normalized spacial score (nSPS) is 18.7. The fraction of sp³-hybridized carbons (Fsp3) is 0.467. The average molecular weight is 503 g/mol. The lowest BCUT2D eigenvalue weighted by Gasteiger charge is -2.28. The fourth-order valence-electron chi connectivity index (χ4n) is 3.19. The molecule has 2 atom stereocenters. The number of nitrogens with one attached hydrogen (secondary N) is 4. The summed E-state index contributed by atoms with van der Waals surface area (Å²) in [5, 5.41) is 22.3. The van der Waals surface area contributed by atoms with Crippen LogP contribution in [0.4, 0.5) is 4.39 Å². The zero-order valence-corrected chi connectivity index (χ0v) is 23.7. The first-order chi connectivity index (χ1) is 17.1. The van der Waals surface area contributed by atoms with Gasteiger partial charge in [0.2, 0.25) is 0 Å². The van der Waals surface area contributed by atoms with Crippen LogP contribution >= 0.6 is 0 Å². The third kappa shape index (κ3) is 15.1. The van der Waals surface area contributed by atoms with Gasteiger partial charge in [-0.3, -0.25) is 0 Å². The van der Waals surface area contributed by atoms with Gasteiger partial charge in [-0.05, 0) is 82.8 Å². The lowest BCUT2D eigenvalue weighted by atomic mass is 9.97. The Morgan fingerprint density at radius 1 is 1.19 bits per heavy atom. The van der Waals surface area contributed by atoms with Crippen molar-refractivity contribution in [1.29, 1.82) is 0 Å². The molecule has 2 aliphatic heterocycles. The molecule has 204 valence electrons. The van der Waals surface area contributed by atoms with E-state index >= 15 is 0 Å². The smallest absolute Gasteiger partial charge is 0.123 e. The molecule has 1 saturated heterocycles. The van der Waals surface area contributed by atoms with Gasteiger partial charge in [0.1, 0.15) is 17.5 Å². The predicted octanol–water partition coefficient (Wildman–Crippen LogP) is 6.86. The number of aliphatic hydroxyl groups excluding tert-OH is 1. The van der Waals surface area contributed by atoms with Crippen LogP contribution in [-0.2, 0) is 0 Å². The van der Waals surface area contributed by atoms with Gasteiger partial charge in [0.05, 0.1) is 0 Å². The van der Waals surface area contributed by atoms with E-state index in [1.807, 2.05) is 65.8 Å². The van der Waals surface area contributed by atoms with Gasteiger partial charge in [0, 0.05) is 23.6 Å². The molecular formula is C30H51FN4O. The zero-order chi connectivity index (χ0) is 28.1. The molecule has 2 unspecified atom stereocenters. The van der Waals surface area contributed by atoms with Crippen LogP contribution in [0, 0.1) is 0 Å². The molecule has 2 rings (SSSR count). The Morgan fingerprint density at radius 3 is 2.22 bits per heavy atom. The molecule has 5 N–H and O–H groups in total. The molecule has 0 aromatic rings. The van der Waals surface area contributed by atoms with Crippen molar-refractivity contribution in [2.45, 2.75) is 79.1 Å². The van der Waals surface area contributed by atoms with Crippen LogP contribution in [0.3, 0.4) is 0 Å². The van der Waals surface area contributed by atoms with E-state index in [0.29, 0.717) is 12.8 Å². The first-order valence-corrected chi connectivity index (χ1v) is 12.8. The van der Waals surface area contributed by atoms with Crippen molar-refractivity contribution < 1.29 is 9.50 Å². The Bertz CT molecular complexity index is 798. The van der Waals surface area contributed by atoms with E-state index in [1.165, 1.54) is 0 Å². The highest BCUT2D eigenvalue weighted by molar-refractivity contribution is 5.37. The van der Waals surface area contributed by atoms with Gasteiger partial charge in [-0.15, -0.1) is 0 Å². The molecule has 2 heterocycles. The molecule has 0 aromatic carbocycles. The summed E-state index contributed by atoms with van der Waals surface area (Å²) in [5.74, 6) is 0.0678. The lowest BCUT2D eigenvalue weighted by molar-refractivity contribution is 0.139. The third-order valence-corrected chi connectivity index (χ3v) is 5.15. The number of rotatable bonds is 9. The van der Waals surface area contributed by atoms with E-state index in [4.69, 9.17) is 0 Å². The van der Waals surface area contributed by atoms with Crippen molar-refractivity contribution in [3.05, 3.63) is 97.4 Å². The second kappa shape index (κ2) is 20.2. The molecule has 0 amide bonds. The van der Waals surface area contributed by atoms with Crippen molar-refractivity contribution >= 4 is 0 Å². The molecule has 0 aliphatic carbocycles. The van der Waals surface area contributed by atoms with E-state index in [9.17, 15) is 9.50 Å². The van der Waals surface area contributed by atoms with Gasteiger partial charge in [-0.2, -0.15) is 0 Å².